The average molecular weight is 440 g/mol. The number of hydrogen-bond acceptors (Lipinski definition) is 7. The number of nitrogens with one attached hydrogen (secondary N) is 2. The van der Waals surface area contributed by atoms with Crippen molar-refractivity contribution in [1.82, 2.24) is 25.3 Å². The number of anilines is 3. The summed E-state index contributed by atoms with van der Waals surface area (Å²) in [7, 11) is 3.50. The molecule has 0 aliphatic heterocycles. The van der Waals surface area contributed by atoms with Gasteiger partial charge in [0.25, 0.3) is 0 Å². The van der Waals surface area contributed by atoms with Gasteiger partial charge in [-0.1, -0.05) is 60.7 Å². The number of benzene rings is 2. The first kappa shape index (κ1) is 21.9. The third-order valence-electron chi connectivity index (χ3n) is 5.15. The molecule has 8 nitrogen and oxygen atoms in total. The van der Waals surface area contributed by atoms with Crippen LogP contribution >= 0.6 is 0 Å². The number of likely N-dealkylation sites (N-methyl/N-ethyl adjacent to an activating group) is 1. The number of rotatable bonds is 8. The van der Waals surface area contributed by atoms with E-state index in [1.165, 1.54) is 0 Å². The summed E-state index contributed by atoms with van der Waals surface area (Å²) in [6.45, 7) is 0. The maximum absolute atomic E-state index is 12.5. The standard InChI is InChI=1S/C25H25N7O/c1-26-24(33)20(17-18-9-5-3-6-10-18)29-25-28-16-14-22(31-25)32(2)21-13-15-27-23(30-21)19-11-7-4-8-12-19/h3-16,20H,17H2,1-2H3,(H,26,33)(H,28,29,31)/t20-/m1/s1. The Balaban J connectivity index is 1.55. The summed E-state index contributed by atoms with van der Waals surface area (Å²) < 4.78 is 0. The molecule has 0 saturated heterocycles. The van der Waals surface area contributed by atoms with Crippen LogP contribution in [0.1, 0.15) is 5.56 Å². The molecule has 33 heavy (non-hydrogen) atoms. The van der Waals surface area contributed by atoms with Gasteiger partial charge in [-0.05, 0) is 17.7 Å². The molecule has 2 heterocycles. The van der Waals surface area contributed by atoms with Crippen molar-refractivity contribution < 1.29 is 4.79 Å². The van der Waals surface area contributed by atoms with Crippen LogP contribution < -0.4 is 15.5 Å². The normalized spacial score (nSPS) is 11.5. The zero-order chi connectivity index (χ0) is 23.0. The molecule has 4 aromatic rings. The van der Waals surface area contributed by atoms with Crippen molar-refractivity contribution in [1.29, 1.82) is 0 Å². The predicted octanol–water partition coefficient (Wildman–Crippen LogP) is 3.47. The molecule has 1 amide bonds. The highest BCUT2D eigenvalue weighted by molar-refractivity contribution is 5.84. The second-order valence-corrected chi connectivity index (χ2v) is 7.40. The van der Waals surface area contributed by atoms with E-state index < -0.39 is 6.04 Å². The molecule has 4 rings (SSSR count). The van der Waals surface area contributed by atoms with Gasteiger partial charge in [-0.2, -0.15) is 4.98 Å². The second kappa shape index (κ2) is 10.3. The zero-order valence-corrected chi connectivity index (χ0v) is 18.5. The van der Waals surface area contributed by atoms with Gasteiger partial charge in [0.1, 0.15) is 17.7 Å². The molecule has 8 heteroatoms. The Morgan fingerprint density at radius 3 is 2.21 bits per heavy atom. The van der Waals surface area contributed by atoms with Crippen molar-refractivity contribution in [2.45, 2.75) is 12.5 Å². The fraction of sp³-hybridized carbons (Fsp3) is 0.160. The van der Waals surface area contributed by atoms with E-state index >= 15 is 0 Å². The number of hydrogen-bond donors (Lipinski definition) is 2. The predicted molar refractivity (Wildman–Crippen MR) is 129 cm³/mol. The number of carbonyl (C=O) groups is 1. The van der Waals surface area contributed by atoms with E-state index in [0.29, 0.717) is 29.8 Å². The van der Waals surface area contributed by atoms with Crippen LogP contribution in [0.2, 0.25) is 0 Å². The molecule has 2 aromatic heterocycles. The zero-order valence-electron chi connectivity index (χ0n) is 18.5. The van der Waals surface area contributed by atoms with Crippen molar-refractivity contribution in [2.75, 3.05) is 24.3 Å². The Labute approximate surface area is 192 Å². The molecule has 0 saturated carbocycles. The monoisotopic (exact) mass is 439 g/mol. The van der Waals surface area contributed by atoms with Crippen LogP contribution in [0.25, 0.3) is 11.4 Å². The minimum Gasteiger partial charge on any atom is -0.357 e. The SMILES string of the molecule is CNC(=O)[C@@H](Cc1ccccc1)Nc1nccc(N(C)c2ccnc(-c3ccccc3)n2)n1. The van der Waals surface area contributed by atoms with Gasteiger partial charge in [0.05, 0.1) is 0 Å². The molecule has 0 bridgehead atoms. The summed E-state index contributed by atoms with van der Waals surface area (Å²) in [6.07, 6.45) is 3.89. The lowest BCUT2D eigenvalue weighted by Crippen LogP contribution is -2.39. The van der Waals surface area contributed by atoms with E-state index in [1.54, 1.807) is 25.5 Å². The Morgan fingerprint density at radius 2 is 1.52 bits per heavy atom. The molecule has 2 aromatic carbocycles. The van der Waals surface area contributed by atoms with Crippen LogP contribution in [0.4, 0.5) is 17.6 Å². The fourth-order valence-corrected chi connectivity index (χ4v) is 3.37. The third kappa shape index (κ3) is 5.48. The molecule has 0 aliphatic carbocycles. The van der Waals surface area contributed by atoms with Crippen molar-refractivity contribution in [2.24, 2.45) is 0 Å². The van der Waals surface area contributed by atoms with Crippen LogP contribution in [0.5, 0.6) is 0 Å². The van der Waals surface area contributed by atoms with Crippen LogP contribution in [0.3, 0.4) is 0 Å². The van der Waals surface area contributed by atoms with Crippen LogP contribution in [-0.2, 0) is 11.2 Å². The van der Waals surface area contributed by atoms with Gasteiger partial charge < -0.3 is 15.5 Å². The Morgan fingerprint density at radius 1 is 0.879 bits per heavy atom. The van der Waals surface area contributed by atoms with Gasteiger partial charge in [0, 0.05) is 38.5 Å². The lowest BCUT2D eigenvalue weighted by Gasteiger charge is -2.20. The molecule has 0 fully saturated rings. The molecule has 0 spiro atoms. The maximum Gasteiger partial charge on any atom is 0.242 e. The van der Waals surface area contributed by atoms with E-state index in [2.05, 4.69) is 30.6 Å². The van der Waals surface area contributed by atoms with Gasteiger partial charge in [0.2, 0.25) is 11.9 Å². The van der Waals surface area contributed by atoms with Crippen molar-refractivity contribution >= 4 is 23.5 Å². The fourth-order valence-electron chi connectivity index (χ4n) is 3.37. The Bertz CT molecular complexity index is 1200. The summed E-state index contributed by atoms with van der Waals surface area (Å²) in [5.74, 6) is 2.20. The summed E-state index contributed by atoms with van der Waals surface area (Å²) in [5, 5.41) is 5.87. The highest BCUT2D eigenvalue weighted by atomic mass is 16.2. The van der Waals surface area contributed by atoms with E-state index in [9.17, 15) is 4.79 Å². The summed E-state index contributed by atoms with van der Waals surface area (Å²) >= 11 is 0. The molecule has 0 radical (unpaired) electrons. The van der Waals surface area contributed by atoms with Crippen LogP contribution in [0.15, 0.2) is 85.2 Å². The highest BCUT2D eigenvalue weighted by Crippen LogP contribution is 2.23. The van der Waals surface area contributed by atoms with E-state index in [4.69, 9.17) is 0 Å². The minimum atomic E-state index is -0.512. The largest absolute Gasteiger partial charge is 0.357 e. The summed E-state index contributed by atoms with van der Waals surface area (Å²) in [5.41, 5.74) is 1.98. The number of nitrogens with zero attached hydrogens (tertiary/aromatic N) is 5. The van der Waals surface area contributed by atoms with Gasteiger partial charge in [-0.15, -0.1) is 0 Å². The van der Waals surface area contributed by atoms with Gasteiger partial charge >= 0.3 is 0 Å². The highest BCUT2D eigenvalue weighted by Gasteiger charge is 2.19. The smallest absolute Gasteiger partial charge is 0.242 e. The first-order chi connectivity index (χ1) is 16.1. The lowest BCUT2D eigenvalue weighted by molar-refractivity contribution is -0.121. The Kier molecular flexibility index (Phi) is 6.84. The van der Waals surface area contributed by atoms with Crippen LogP contribution in [0, 0.1) is 0 Å². The van der Waals surface area contributed by atoms with Gasteiger partial charge in [-0.3, -0.25) is 4.79 Å². The molecule has 0 aliphatic rings. The number of amides is 1. The third-order valence-corrected chi connectivity index (χ3v) is 5.15. The van der Waals surface area contributed by atoms with Crippen molar-refractivity contribution in [3.63, 3.8) is 0 Å². The minimum absolute atomic E-state index is 0.135. The molecule has 0 unspecified atom stereocenters. The van der Waals surface area contributed by atoms with E-state index in [-0.39, 0.29) is 5.91 Å². The van der Waals surface area contributed by atoms with E-state index in [0.717, 1.165) is 11.1 Å². The van der Waals surface area contributed by atoms with Crippen LogP contribution in [-0.4, -0.2) is 46.0 Å². The lowest BCUT2D eigenvalue weighted by atomic mass is 10.1. The Hall–Kier alpha value is -4.33. The number of aromatic nitrogens is 4. The van der Waals surface area contributed by atoms with Gasteiger partial charge in [-0.25, -0.2) is 15.0 Å². The maximum atomic E-state index is 12.5. The average Bonchev–Trinajstić information content (AvgIpc) is 2.89. The summed E-state index contributed by atoms with van der Waals surface area (Å²) in [6, 6.07) is 22.7. The first-order valence-corrected chi connectivity index (χ1v) is 10.6. The molecule has 1 atom stereocenters. The molecular weight excluding hydrogens is 414 g/mol. The first-order valence-electron chi connectivity index (χ1n) is 10.6. The molecule has 2 N–H and O–H groups in total. The quantitative estimate of drug-likeness (QED) is 0.434. The van der Waals surface area contributed by atoms with Crippen molar-refractivity contribution in [3.05, 3.63) is 90.8 Å². The summed E-state index contributed by atoms with van der Waals surface area (Å²) in [4.78, 5) is 32.3. The second-order valence-electron chi connectivity index (χ2n) is 7.40. The topological polar surface area (TPSA) is 95.9 Å². The molecule has 166 valence electrons. The number of carbonyl (C=O) groups excluding carboxylic acids is 1. The van der Waals surface area contributed by atoms with Gasteiger partial charge in [0.15, 0.2) is 5.82 Å². The van der Waals surface area contributed by atoms with E-state index in [1.807, 2.05) is 78.7 Å². The molecular formula is C25H25N7O. The van der Waals surface area contributed by atoms with Crippen molar-refractivity contribution in [3.8, 4) is 11.4 Å².